The van der Waals surface area contributed by atoms with E-state index in [1.807, 2.05) is 0 Å². The Morgan fingerprint density at radius 1 is 0.478 bits per heavy atom. The van der Waals surface area contributed by atoms with E-state index < -0.39 is 0 Å². The van der Waals surface area contributed by atoms with Gasteiger partial charge in [-0.25, -0.2) is 0 Å². The lowest BCUT2D eigenvalue weighted by molar-refractivity contribution is 0.159. The first-order valence-electron chi connectivity index (χ1n) is 10.3. The molecule has 0 rings (SSSR count). The molecule has 0 atom stereocenters. The topological polar surface area (TPSA) is 43.7 Å². The minimum absolute atomic E-state index is 0.193. The number of aliphatic hydroxyl groups is 2. The summed E-state index contributed by atoms with van der Waals surface area (Å²) in [6.07, 6.45) is 19.4. The molecule has 0 fully saturated rings. The molecule has 0 aromatic heterocycles. The third-order valence-electron chi connectivity index (χ3n) is 4.66. The average Bonchev–Trinajstić information content (AvgIpc) is 2.55. The fraction of sp³-hybridized carbons (Fsp3) is 1.00. The van der Waals surface area contributed by atoms with Gasteiger partial charge in [0.05, 0.1) is 13.2 Å². The molecule has 0 aliphatic rings. The first-order chi connectivity index (χ1) is 11.3. The van der Waals surface area contributed by atoms with Gasteiger partial charge in [0.1, 0.15) is 0 Å². The monoisotopic (exact) mass is 329 g/mol. The van der Waals surface area contributed by atoms with Gasteiger partial charge in [-0.2, -0.15) is 0 Å². The van der Waals surface area contributed by atoms with Gasteiger partial charge in [0.2, 0.25) is 0 Å². The van der Waals surface area contributed by atoms with E-state index in [-0.39, 0.29) is 13.2 Å². The van der Waals surface area contributed by atoms with Crippen molar-refractivity contribution in [2.75, 3.05) is 32.8 Å². The first kappa shape index (κ1) is 22.9. The van der Waals surface area contributed by atoms with Crippen LogP contribution in [-0.2, 0) is 0 Å². The summed E-state index contributed by atoms with van der Waals surface area (Å²) in [6.45, 7) is 5.06. The van der Waals surface area contributed by atoms with E-state index in [9.17, 15) is 0 Å². The highest BCUT2D eigenvalue weighted by atomic mass is 16.3. The highest BCUT2D eigenvalue weighted by molar-refractivity contribution is 4.57. The zero-order valence-corrected chi connectivity index (χ0v) is 15.8. The van der Waals surface area contributed by atoms with Gasteiger partial charge < -0.3 is 10.2 Å². The molecule has 0 spiro atoms. The van der Waals surface area contributed by atoms with Gasteiger partial charge >= 0.3 is 0 Å². The first-order valence-corrected chi connectivity index (χ1v) is 10.3. The van der Waals surface area contributed by atoms with Crippen LogP contribution in [0.5, 0.6) is 0 Å². The largest absolute Gasteiger partial charge is 0.395 e. The van der Waals surface area contributed by atoms with Crippen LogP contribution in [-0.4, -0.2) is 48.0 Å². The van der Waals surface area contributed by atoms with Crippen LogP contribution >= 0.6 is 0 Å². The summed E-state index contributed by atoms with van der Waals surface area (Å²) in [7, 11) is 0. The Morgan fingerprint density at radius 3 is 1.17 bits per heavy atom. The van der Waals surface area contributed by atoms with Crippen molar-refractivity contribution in [2.45, 2.75) is 96.8 Å². The number of nitrogens with zero attached hydrogens (tertiary/aromatic N) is 1. The Morgan fingerprint density at radius 2 is 0.826 bits per heavy atom. The van der Waals surface area contributed by atoms with Crippen LogP contribution < -0.4 is 0 Å². The molecule has 0 heterocycles. The second-order valence-electron chi connectivity index (χ2n) is 6.89. The Bertz CT molecular complexity index is 206. The van der Waals surface area contributed by atoms with Crippen LogP contribution in [0.3, 0.4) is 0 Å². The average molecular weight is 330 g/mol. The molecule has 0 amide bonds. The smallest absolute Gasteiger partial charge is 0.0558 e. The van der Waals surface area contributed by atoms with E-state index in [0.29, 0.717) is 13.1 Å². The number of hydrogen-bond acceptors (Lipinski definition) is 3. The molecule has 0 aliphatic carbocycles. The van der Waals surface area contributed by atoms with Gasteiger partial charge in [0.15, 0.2) is 0 Å². The zero-order valence-electron chi connectivity index (χ0n) is 15.8. The lowest BCUT2D eigenvalue weighted by atomic mass is 10.0. The summed E-state index contributed by atoms with van der Waals surface area (Å²) in [5, 5.41) is 17.9. The van der Waals surface area contributed by atoms with E-state index in [1.165, 1.54) is 89.9 Å². The molecule has 0 aliphatic heterocycles. The highest BCUT2D eigenvalue weighted by Crippen LogP contribution is 2.13. The van der Waals surface area contributed by atoms with Crippen molar-refractivity contribution in [3.63, 3.8) is 0 Å². The van der Waals surface area contributed by atoms with Gasteiger partial charge in [0, 0.05) is 13.1 Å². The standard InChI is InChI=1S/C20H43NO2/c1-2-3-4-5-6-7-8-9-10-11-12-13-14-15-16-21(17-19-22)18-20-23/h22-23H,2-20H2,1H3. The van der Waals surface area contributed by atoms with Crippen molar-refractivity contribution < 1.29 is 10.2 Å². The molecule has 0 aromatic carbocycles. The molecule has 0 aromatic rings. The van der Waals surface area contributed by atoms with E-state index in [2.05, 4.69) is 11.8 Å². The van der Waals surface area contributed by atoms with E-state index >= 15 is 0 Å². The molecule has 0 radical (unpaired) electrons. The van der Waals surface area contributed by atoms with Crippen LogP contribution in [0.15, 0.2) is 0 Å². The zero-order chi connectivity index (χ0) is 17.0. The number of rotatable bonds is 19. The van der Waals surface area contributed by atoms with Crippen molar-refractivity contribution in [3.8, 4) is 0 Å². The summed E-state index contributed by atoms with van der Waals surface area (Å²) < 4.78 is 0. The molecular formula is C20H43NO2. The summed E-state index contributed by atoms with van der Waals surface area (Å²) in [5.41, 5.74) is 0. The van der Waals surface area contributed by atoms with Crippen LogP contribution in [0, 0.1) is 0 Å². The number of hydrogen-bond donors (Lipinski definition) is 2. The molecule has 0 saturated heterocycles. The summed E-state index contributed by atoms with van der Waals surface area (Å²) in [5.74, 6) is 0. The molecule has 0 bridgehead atoms. The third kappa shape index (κ3) is 18.1. The summed E-state index contributed by atoms with van der Waals surface area (Å²) >= 11 is 0. The van der Waals surface area contributed by atoms with Gasteiger partial charge in [-0.05, 0) is 13.0 Å². The van der Waals surface area contributed by atoms with Crippen LogP contribution in [0.4, 0.5) is 0 Å². The second kappa shape index (κ2) is 19.9. The molecule has 0 unspecified atom stereocenters. The Balaban J connectivity index is 3.15. The molecule has 3 heteroatoms. The summed E-state index contributed by atoms with van der Waals surface area (Å²) in [4.78, 5) is 2.15. The molecule has 2 N–H and O–H groups in total. The maximum atomic E-state index is 8.96. The number of unbranched alkanes of at least 4 members (excludes halogenated alkanes) is 13. The molecular weight excluding hydrogens is 286 g/mol. The number of aliphatic hydroxyl groups excluding tert-OH is 2. The van der Waals surface area contributed by atoms with Gasteiger partial charge in [-0.15, -0.1) is 0 Å². The van der Waals surface area contributed by atoms with E-state index in [4.69, 9.17) is 10.2 Å². The molecule has 0 saturated carbocycles. The Hall–Kier alpha value is -0.120. The summed E-state index contributed by atoms with van der Waals surface area (Å²) in [6, 6.07) is 0. The third-order valence-corrected chi connectivity index (χ3v) is 4.66. The fourth-order valence-corrected chi connectivity index (χ4v) is 3.15. The fourth-order valence-electron chi connectivity index (χ4n) is 3.15. The lowest BCUT2D eigenvalue weighted by Gasteiger charge is -2.19. The quantitative estimate of drug-likeness (QED) is 0.336. The normalized spacial score (nSPS) is 11.5. The van der Waals surface area contributed by atoms with Crippen molar-refractivity contribution >= 4 is 0 Å². The van der Waals surface area contributed by atoms with Crippen LogP contribution in [0.25, 0.3) is 0 Å². The second-order valence-corrected chi connectivity index (χ2v) is 6.89. The Labute approximate surface area is 145 Å². The van der Waals surface area contributed by atoms with Crippen molar-refractivity contribution in [3.05, 3.63) is 0 Å². The van der Waals surface area contributed by atoms with E-state index in [0.717, 1.165) is 6.54 Å². The van der Waals surface area contributed by atoms with Crippen molar-refractivity contribution in [1.82, 2.24) is 4.90 Å². The maximum absolute atomic E-state index is 8.96. The molecule has 140 valence electrons. The van der Waals surface area contributed by atoms with Crippen LogP contribution in [0.1, 0.15) is 96.8 Å². The van der Waals surface area contributed by atoms with Gasteiger partial charge in [-0.1, -0.05) is 90.4 Å². The predicted octanol–water partition coefficient (Wildman–Crippen LogP) is 4.75. The SMILES string of the molecule is CCCCCCCCCCCCCCCCN(CCO)CCO. The van der Waals surface area contributed by atoms with E-state index in [1.54, 1.807) is 0 Å². The maximum Gasteiger partial charge on any atom is 0.0558 e. The van der Waals surface area contributed by atoms with Gasteiger partial charge in [0.25, 0.3) is 0 Å². The lowest BCUT2D eigenvalue weighted by Crippen LogP contribution is -2.30. The van der Waals surface area contributed by atoms with Gasteiger partial charge in [-0.3, -0.25) is 4.90 Å². The highest BCUT2D eigenvalue weighted by Gasteiger charge is 2.02. The minimum Gasteiger partial charge on any atom is -0.395 e. The molecule has 3 nitrogen and oxygen atoms in total. The van der Waals surface area contributed by atoms with Crippen molar-refractivity contribution in [2.24, 2.45) is 0 Å². The minimum atomic E-state index is 0.193. The Kier molecular flexibility index (Phi) is 19.8. The predicted molar refractivity (Wildman–Crippen MR) is 101 cm³/mol. The van der Waals surface area contributed by atoms with Crippen LogP contribution in [0.2, 0.25) is 0 Å². The van der Waals surface area contributed by atoms with Crippen molar-refractivity contribution in [1.29, 1.82) is 0 Å². The molecule has 23 heavy (non-hydrogen) atoms.